The van der Waals surface area contributed by atoms with Gasteiger partial charge in [0.15, 0.2) is 11.6 Å². The number of ether oxygens (including phenoxy) is 1. The molecule has 0 spiro atoms. The molecule has 0 aliphatic carbocycles. The lowest BCUT2D eigenvalue weighted by Gasteiger charge is -2.16. The molecule has 0 amide bonds. The minimum absolute atomic E-state index is 0.0126. The molecule has 0 heterocycles. The lowest BCUT2D eigenvalue weighted by Crippen LogP contribution is -2.41. The van der Waals surface area contributed by atoms with Crippen LogP contribution in [-0.4, -0.2) is 32.6 Å². The number of halogens is 1. The van der Waals surface area contributed by atoms with E-state index in [-0.39, 0.29) is 23.0 Å². The third-order valence-corrected chi connectivity index (χ3v) is 4.21. The van der Waals surface area contributed by atoms with Crippen molar-refractivity contribution in [3.05, 3.63) is 24.0 Å². The van der Waals surface area contributed by atoms with Crippen molar-refractivity contribution in [2.75, 3.05) is 7.11 Å². The highest BCUT2D eigenvalue weighted by Crippen LogP contribution is 2.21. The standard InChI is InChI=1S/C13H18FNO5S/c1-8(2)6-11(13(16)17)15-21(18,19)9-4-5-12(20-3)10(14)7-9/h4-5,7-8,11,15H,6H2,1-3H3,(H,16,17)/t11-/m1/s1. The van der Waals surface area contributed by atoms with E-state index in [0.29, 0.717) is 0 Å². The third-order valence-electron chi connectivity index (χ3n) is 2.74. The van der Waals surface area contributed by atoms with Crippen LogP contribution in [0.5, 0.6) is 5.75 Å². The highest BCUT2D eigenvalue weighted by atomic mass is 32.2. The number of carboxylic acid groups (broad SMARTS) is 1. The number of sulfonamides is 1. The van der Waals surface area contributed by atoms with Crippen molar-refractivity contribution in [3.8, 4) is 5.75 Å². The molecule has 1 atom stereocenters. The van der Waals surface area contributed by atoms with Crippen molar-refractivity contribution in [1.29, 1.82) is 0 Å². The van der Waals surface area contributed by atoms with Crippen LogP contribution in [0.3, 0.4) is 0 Å². The maximum Gasteiger partial charge on any atom is 0.321 e. The fourth-order valence-electron chi connectivity index (χ4n) is 1.74. The van der Waals surface area contributed by atoms with E-state index in [1.807, 2.05) is 0 Å². The van der Waals surface area contributed by atoms with E-state index in [9.17, 15) is 17.6 Å². The molecule has 1 aromatic rings. The first-order valence-electron chi connectivity index (χ1n) is 6.26. The molecule has 0 saturated carbocycles. The number of rotatable bonds is 7. The molecule has 0 radical (unpaired) electrons. The number of aliphatic carboxylic acids is 1. The molecular formula is C13H18FNO5S. The van der Waals surface area contributed by atoms with Crippen LogP contribution < -0.4 is 9.46 Å². The van der Waals surface area contributed by atoms with E-state index in [1.54, 1.807) is 13.8 Å². The van der Waals surface area contributed by atoms with Crippen LogP contribution in [0.4, 0.5) is 4.39 Å². The van der Waals surface area contributed by atoms with Gasteiger partial charge in [-0.05, 0) is 30.5 Å². The van der Waals surface area contributed by atoms with Gasteiger partial charge in [0.1, 0.15) is 6.04 Å². The Morgan fingerprint density at radius 1 is 1.43 bits per heavy atom. The molecule has 0 bridgehead atoms. The number of hydrogen-bond donors (Lipinski definition) is 2. The van der Waals surface area contributed by atoms with Crippen molar-refractivity contribution in [1.82, 2.24) is 4.72 Å². The van der Waals surface area contributed by atoms with Gasteiger partial charge in [-0.15, -0.1) is 0 Å². The van der Waals surface area contributed by atoms with E-state index in [0.717, 1.165) is 12.1 Å². The van der Waals surface area contributed by atoms with Gasteiger partial charge in [0.25, 0.3) is 0 Å². The van der Waals surface area contributed by atoms with Crippen molar-refractivity contribution < 1.29 is 27.4 Å². The minimum atomic E-state index is -4.12. The zero-order valence-corrected chi connectivity index (χ0v) is 12.8. The largest absolute Gasteiger partial charge is 0.494 e. The number of nitrogens with one attached hydrogen (secondary N) is 1. The Labute approximate surface area is 123 Å². The zero-order valence-electron chi connectivity index (χ0n) is 12.0. The predicted molar refractivity (Wildman–Crippen MR) is 74.2 cm³/mol. The Bertz CT molecular complexity index is 615. The zero-order chi connectivity index (χ0) is 16.2. The Morgan fingerprint density at radius 3 is 2.48 bits per heavy atom. The minimum Gasteiger partial charge on any atom is -0.494 e. The molecule has 0 aliphatic rings. The van der Waals surface area contributed by atoms with Gasteiger partial charge in [-0.3, -0.25) is 4.79 Å². The molecule has 2 N–H and O–H groups in total. The van der Waals surface area contributed by atoms with Gasteiger partial charge in [0, 0.05) is 0 Å². The molecular weight excluding hydrogens is 301 g/mol. The SMILES string of the molecule is COc1ccc(S(=O)(=O)N[C@H](CC(C)C)C(=O)O)cc1F. The molecule has 0 saturated heterocycles. The summed E-state index contributed by atoms with van der Waals surface area (Å²) >= 11 is 0. The smallest absolute Gasteiger partial charge is 0.321 e. The monoisotopic (exact) mass is 319 g/mol. The Morgan fingerprint density at radius 2 is 2.05 bits per heavy atom. The first-order chi connectivity index (χ1) is 9.67. The molecule has 6 nitrogen and oxygen atoms in total. The van der Waals surface area contributed by atoms with Crippen molar-refractivity contribution in [2.24, 2.45) is 5.92 Å². The van der Waals surface area contributed by atoms with Crippen molar-refractivity contribution in [2.45, 2.75) is 31.2 Å². The van der Waals surface area contributed by atoms with Gasteiger partial charge in [-0.25, -0.2) is 12.8 Å². The lowest BCUT2D eigenvalue weighted by molar-refractivity contribution is -0.139. The molecule has 8 heteroatoms. The van der Waals surface area contributed by atoms with Crippen LogP contribution >= 0.6 is 0 Å². The number of methoxy groups -OCH3 is 1. The molecule has 1 rings (SSSR count). The summed E-state index contributed by atoms with van der Waals surface area (Å²) < 4.78 is 44.5. The van der Waals surface area contributed by atoms with Crippen LogP contribution in [0.15, 0.2) is 23.1 Å². The second-order valence-electron chi connectivity index (χ2n) is 4.94. The van der Waals surface area contributed by atoms with Crippen LogP contribution in [-0.2, 0) is 14.8 Å². The molecule has 0 fully saturated rings. The molecule has 21 heavy (non-hydrogen) atoms. The first kappa shape index (κ1) is 17.4. The lowest BCUT2D eigenvalue weighted by atomic mass is 10.1. The van der Waals surface area contributed by atoms with Gasteiger partial charge in [0.2, 0.25) is 10.0 Å². The summed E-state index contributed by atoms with van der Waals surface area (Å²) in [5, 5.41) is 9.05. The van der Waals surface area contributed by atoms with E-state index < -0.39 is 27.9 Å². The number of carboxylic acids is 1. The summed E-state index contributed by atoms with van der Waals surface area (Å²) in [6.07, 6.45) is 0.132. The molecule has 0 aromatic heterocycles. The van der Waals surface area contributed by atoms with E-state index in [2.05, 4.69) is 4.72 Å². The van der Waals surface area contributed by atoms with Crippen molar-refractivity contribution in [3.63, 3.8) is 0 Å². The van der Waals surface area contributed by atoms with E-state index in [4.69, 9.17) is 9.84 Å². The average molecular weight is 319 g/mol. The van der Waals surface area contributed by atoms with E-state index in [1.165, 1.54) is 13.2 Å². The van der Waals surface area contributed by atoms with Crippen molar-refractivity contribution >= 4 is 16.0 Å². The summed E-state index contributed by atoms with van der Waals surface area (Å²) in [4.78, 5) is 10.7. The average Bonchev–Trinajstić information content (AvgIpc) is 2.36. The molecule has 0 unspecified atom stereocenters. The van der Waals surface area contributed by atoms with Gasteiger partial charge < -0.3 is 9.84 Å². The Kier molecular flexibility index (Phi) is 5.68. The highest BCUT2D eigenvalue weighted by Gasteiger charge is 2.26. The fourth-order valence-corrected chi connectivity index (χ4v) is 2.95. The van der Waals surface area contributed by atoms with Gasteiger partial charge in [-0.1, -0.05) is 13.8 Å². The topological polar surface area (TPSA) is 92.7 Å². The van der Waals surface area contributed by atoms with Crippen LogP contribution in [0, 0.1) is 11.7 Å². The molecule has 1 aromatic carbocycles. The normalized spacial score (nSPS) is 13.2. The van der Waals surface area contributed by atoms with E-state index >= 15 is 0 Å². The summed E-state index contributed by atoms with van der Waals surface area (Å²) in [5.74, 6) is -2.22. The maximum absolute atomic E-state index is 13.6. The first-order valence-corrected chi connectivity index (χ1v) is 7.74. The second-order valence-corrected chi connectivity index (χ2v) is 6.65. The van der Waals surface area contributed by atoms with Gasteiger partial charge in [-0.2, -0.15) is 4.72 Å². The number of carbonyl (C=O) groups is 1. The second kappa shape index (κ2) is 6.86. The fraction of sp³-hybridized carbons (Fsp3) is 0.462. The Balaban J connectivity index is 3.04. The van der Waals surface area contributed by atoms with Crippen LogP contribution in [0.2, 0.25) is 0 Å². The summed E-state index contributed by atoms with van der Waals surface area (Å²) in [6.45, 7) is 3.55. The van der Waals surface area contributed by atoms with Crippen LogP contribution in [0.1, 0.15) is 20.3 Å². The van der Waals surface area contributed by atoms with Gasteiger partial charge in [0.05, 0.1) is 12.0 Å². The molecule has 118 valence electrons. The summed E-state index contributed by atoms with van der Waals surface area (Å²) in [5.41, 5.74) is 0. The summed E-state index contributed by atoms with van der Waals surface area (Å²) in [6, 6.07) is 1.84. The number of benzene rings is 1. The third kappa shape index (κ3) is 4.68. The highest BCUT2D eigenvalue weighted by molar-refractivity contribution is 7.89. The Hall–Kier alpha value is -1.67. The quantitative estimate of drug-likeness (QED) is 0.796. The molecule has 0 aliphatic heterocycles. The number of hydrogen-bond acceptors (Lipinski definition) is 4. The van der Waals surface area contributed by atoms with Gasteiger partial charge >= 0.3 is 5.97 Å². The summed E-state index contributed by atoms with van der Waals surface area (Å²) in [7, 11) is -2.87. The van der Waals surface area contributed by atoms with Crippen LogP contribution in [0.25, 0.3) is 0 Å². The maximum atomic E-state index is 13.6. The predicted octanol–water partition coefficient (Wildman–Crippen LogP) is 1.61.